The van der Waals surface area contributed by atoms with E-state index >= 15 is 0 Å². The number of halogens is 2. The highest BCUT2D eigenvalue weighted by Crippen LogP contribution is 2.31. The number of nitrogens with zero attached hydrogens (tertiary/aromatic N) is 5. The van der Waals surface area contributed by atoms with Gasteiger partial charge in [0.05, 0.1) is 36.2 Å². The molecule has 2 aromatic heterocycles. The second kappa shape index (κ2) is 9.13. The van der Waals surface area contributed by atoms with Crippen LogP contribution in [0.25, 0.3) is 22.2 Å². The maximum absolute atomic E-state index is 14.6. The van der Waals surface area contributed by atoms with Gasteiger partial charge in [0.15, 0.2) is 5.96 Å². The Labute approximate surface area is 195 Å². The quantitative estimate of drug-likeness (QED) is 0.547. The molecule has 4 heterocycles. The van der Waals surface area contributed by atoms with Gasteiger partial charge in [-0.15, -0.1) is 11.8 Å². The fourth-order valence-electron chi connectivity index (χ4n) is 4.43. The molecule has 2 aliphatic heterocycles. The number of aromatic nitrogens is 3. The number of hydrogen-bond acceptors (Lipinski definition) is 6. The molecule has 0 amide bonds. The first-order chi connectivity index (χ1) is 16.1. The predicted molar refractivity (Wildman–Crippen MR) is 128 cm³/mol. The van der Waals surface area contributed by atoms with Crippen LogP contribution < -0.4 is 5.32 Å². The number of rotatable bonds is 4. The Kier molecular flexibility index (Phi) is 6.05. The molecule has 0 saturated carbocycles. The molecule has 33 heavy (non-hydrogen) atoms. The van der Waals surface area contributed by atoms with Crippen molar-refractivity contribution in [1.82, 2.24) is 25.0 Å². The number of pyridine rings is 1. The van der Waals surface area contributed by atoms with Crippen molar-refractivity contribution in [3.8, 4) is 11.3 Å². The first kappa shape index (κ1) is 21.9. The molecule has 1 N–H and O–H groups in total. The van der Waals surface area contributed by atoms with Crippen molar-refractivity contribution >= 4 is 28.6 Å². The minimum Gasteiger partial charge on any atom is -0.343 e. The molecule has 0 atom stereocenters. The zero-order chi connectivity index (χ0) is 22.9. The molecule has 0 bridgehead atoms. The van der Waals surface area contributed by atoms with Crippen LogP contribution in [-0.4, -0.2) is 51.5 Å². The highest BCUT2D eigenvalue weighted by molar-refractivity contribution is 7.98. The molecule has 3 aromatic rings. The lowest BCUT2D eigenvalue weighted by atomic mass is 10.0. The Morgan fingerprint density at radius 1 is 1.12 bits per heavy atom. The number of aliphatic imine (C=N–C) groups is 1. The fraction of sp³-hybridized carbons (Fsp3) is 0.375. The van der Waals surface area contributed by atoms with Gasteiger partial charge in [0.2, 0.25) is 0 Å². The summed E-state index contributed by atoms with van der Waals surface area (Å²) in [6.45, 7) is 4.69. The topological polar surface area (TPSA) is 58.3 Å². The molecule has 0 unspecified atom stereocenters. The second-order valence-corrected chi connectivity index (χ2v) is 9.19. The summed E-state index contributed by atoms with van der Waals surface area (Å²) in [5.74, 6) is 0.0262. The minimum absolute atomic E-state index is 0.161. The number of piperidine rings is 1. The highest BCUT2D eigenvalue weighted by Gasteiger charge is 2.25. The van der Waals surface area contributed by atoms with Crippen LogP contribution in [0.5, 0.6) is 0 Å². The van der Waals surface area contributed by atoms with Crippen LogP contribution in [0.2, 0.25) is 0 Å². The smallest absolute Gasteiger partial charge is 0.198 e. The monoisotopic (exact) mass is 468 g/mol. The zero-order valence-electron chi connectivity index (χ0n) is 18.7. The van der Waals surface area contributed by atoms with Crippen LogP contribution in [-0.2, 0) is 0 Å². The maximum atomic E-state index is 14.6. The van der Waals surface area contributed by atoms with Crippen molar-refractivity contribution in [2.45, 2.75) is 37.1 Å². The van der Waals surface area contributed by atoms with E-state index in [1.807, 2.05) is 4.68 Å². The van der Waals surface area contributed by atoms with Crippen LogP contribution in [0.1, 0.15) is 32.2 Å². The number of likely N-dealkylation sites (tertiary alicyclic amines) is 1. The summed E-state index contributed by atoms with van der Waals surface area (Å²) in [5, 5.41) is 8.81. The predicted octanol–water partition coefficient (Wildman–Crippen LogP) is 4.99. The third-order valence-electron chi connectivity index (χ3n) is 6.40. The van der Waals surface area contributed by atoms with Crippen LogP contribution in [0.4, 0.5) is 8.78 Å². The van der Waals surface area contributed by atoms with Gasteiger partial charge in [0.25, 0.3) is 0 Å². The number of benzene rings is 1. The largest absolute Gasteiger partial charge is 0.343 e. The molecular formula is C24H26F2N6S. The lowest BCUT2D eigenvalue weighted by Gasteiger charge is -2.35. The molecule has 0 spiro atoms. The molecule has 9 heteroatoms. The Hall–Kier alpha value is -2.94. The van der Waals surface area contributed by atoms with Crippen molar-refractivity contribution in [3.63, 3.8) is 0 Å². The third-order valence-corrected chi connectivity index (χ3v) is 7.15. The SMILES string of the molecule is CCC1=CNC(N2CCC(n3ncc4cc(-c5cc(F)c(SC)cc5F)ncc43)CC2)=NC1. The molecule has 0 radical (unpaired) electrons. The first-order valence-electron chi connectivity index (χ1n) is 11.2. The summed E-state index contributed by atoms with van der Waals surface area (Å²) in [4.78, 5) is 11.7. The van der Waals surface area contributed by atoms with Gasteiger partial charge in [-0.3, -0.25) is 9.67 Å². The second-order valence-electron chi connectivity index (χ2n) is 8.34. The van der Waals surface area contributed by atoms with Gasteiger partial charge in [-0.25, -0.2) is 13.8 Å². The third kappa shape index (κ3) is 4.21. The molecular weight excluding hydrogens is 442 g/mol. The molecule has 0 aliphatic carbocycles. The number of guanidine groups is 1. The lowest BCUT2D eigenvalue weighted by molar-refractivity contribution is 0.253. The van der Waals surface area contributed by atoms with E-state index < -0.39 is 11.6 Å². The summed E-state index contributed by atoms with van der Waals surface area (Å²) < 4.78 is 30.8. The van der Waals surface area contributed by atoms with Crippen molar-refractivity contribution in [3.05, 3.63) is 54.0 Å². The number of hydrogen-bond donors (Lipinski definition) is 1. The molecule has 1 aromatic carbocycles. The van der Waals surface area contributed by atoms with Gasteiger partial charge >= 0.3 is 0 Å². The van der Waals surface area contributed by atoms with Gasteiger partial charge in [-0.05, 0) is 49.3 Å². The van der Waals surface area contributed by atoms with E-state index in [1.165, 1.54) is 29.5 Å². The first-order valence-corrected chi connectivity index (χ1v) is 12.4. The van der Waals surface area contributed by atoms with E-state index in [4.69, 9.17) is 0 Å². The lowest BCUT2D eigenvalue weighted by Crippen LogP contribution is -2.45. The molecule has 2 aliphatic rings. The normalized spacial score (nSPS) is 17.2. The molecule has 172 valence electrons. The van der Waals surface area contributed by atoms with E-state index in [1.54, 1.807) is 24.7 Å². The van der Waals surface area contributed by atoms with E-state index in [-0.39, 0.29) is 16.5 Å². The summed E-state index contributed by atoms with van der Waals surface area (Å²) in [7, 11) is 0. The van der Waals surface area contributed by atoms with Crippen molar-refractivity contribution < 1.29 is 8.78 Å². The fourth-order valence-corrected chi connectivity index (χ4v) is 4.90. The molecule has 1 saturated heterocycles. The molecule has 6 nitrogen and oxygen atoms in total. The number of thioether (sulfide) groups is 1. The zero-order valence-corrected chi connectivity index (χ0v) is 19.5. The van der Waals surface area contributed by atoms with Crippen molar-refractivity contribution in [1.29, 1.82) is 0 Å². The summed E-state index contributed by atoms with van der Waals surface area (Å²) in [5.41, 5.74) is 2.78. The van der Waals surface area contributed by atoms with E-state index in [0.29, 0.717) is 5.69 Å². The molecule has 5 rings (SSSR count). The minimum atomic E-state index is -0.479. The van der Waals surface area contributed by atoms with Gasteiger partial charge < -0.3 is 10.2 Å². The standard InChI is InChI=1S/C24H26F2N6S/c1-3-15-11-28-24(29-12-15)31-6-4-17(5-7-31)32-22-14-27-21(8-16(22)13-30-32)18-9-20(26)23(33-2)10-19(18)25/h8-11,13-14,17H,3-7,12H2,1-2H3,(H,28,29). The Morgan fingerprint density at radius 2 is 1.94 bits per heavy atom. The van der Waals surface area contributed by atoms with Gasteiger partial charge in [0.1, 0.15) is 11.6 Å². The summed E-state index contributed by atoms with van der Waals surface area (Å²) in [6, 6.07) is 4.48. The Bertz CT molecular complexity index is 1240. The van der Waals surface area contributed by atoms with Crippen LogP contribution in [0.3, 0.4) is 0 Å². The average molecular weight is 469 g/mol. The maximum Gasteiger partial charge on any atom is 0.198 e. The highest BCUT2D eigenvalue weighted by atomic mass is 32.2. The Balaban J connectivity index is 1.32. The molecule has 1 fully saturated rings. The number of fused-ring (bicyclic) bond motifs is 1. The van der Waals surface area contributed by atoms with Crippen LogP contribution in [0, 0.1) is 11.6 Å². The number of nitrogens with one attached hydrogen (secondary N) is 1. The van der Waals surface area contributed by atoms with E-state index in [2.05, 4.69) is 38.4 Å². The van der Waals surface area contributed by atoms with Crippen molar-refractivity contribution in [2.75, 3.05) is 25.9 Å². The van der Waals surface area contributed by atoms with E-state index in [0.717, 1.165) is 55.8 Å². The van der Waals surface area contributed by atoms with Gasteiger partial charge in [-0.2, -0.15) is 5.10 Å². The van der Waals surface area contributed by atoms with Crippen LogP contribution in [0.15, 0.2) is 52.3 Å². The van der Waals surface area contributed by atoms with Gasteiger partial charge in [0, 0.05) is 35.1 Å². The van der Waals surface area contributed by atoms with Gasteiger partial charge in [-0.1, -0.05) is 6.92 Å². The van der Waals surface area contributed by atoms with Crippen LogP contribution >= 0.6 is 11.8 Å². The van der Waals surface area contributed by atoms with Crippen molar-refractivity contribution in [2.24, 2.45) is 4.99 Å². The summed E-state index contributed by atoms with van der Waals surface area (Å²) >= 11 is 1.18. The van der Waals surface area contributed by atoms with E-state index in [9.17, 15) is 8.78 Å². The Morgan fingerprint density at radius 3 is 2.64 bits per heavy atom. The summed E-state index contributed by atoms with van der Waals surface area (Å²) in [6.07, 6.45) is 10.2. The average Bonchev–Trinajstić information content (AvgIpc) is 3.28.